The monoisotopic (exact) mass is 408 g/mol. The molecule has 2 N–H and O–H groups in total. The maximum Gasteiger partial charge on any atom is 0.301 e. The van der Waals surface area contributed by atoms with E-state index in [1.807, 2.05) is 0 Å². The van der Waals surface area contributed by atoms with Crippen LogP contribution in [0.15, 0.2) is 23.3 Å². The number of non-ortho nitro benzene ring substituents is 1. The Kier molecular flexibility index (Phi) is 5.62. The fourth-order valence-electron chi connectivity index (χ4n) is 4.58. The average Bonchev–Trinajstić information content (AvgIpc) is 3.02. The second-order valence-electron chi connectivity index (χ2n) is 7.85. The first kappa shape index (κ1) is 20.5. The number of aliphatic hydroxyl groups excluding tert-OH is 1. The molecule has 0 saturated heterocycles. The first-order valence-corrected chi connectivity index (χ1v) is 10.3. The van der Waals surface area contributed by atoms with Crippen LogP contribution in [0, 0.1) is 37.0 Å². The third-order valence-electron chi connectivity index (χ3n) is 6.57. The summed E-state index contributed by atoms with van der Waals surface area (Å²) in [6, 6.07) is 3.50. The number of aliphatic hydroxyl groups is 1. The topological polar surface area (TPSA) is 131 Å². The molecule has 1 aromatic rings. The van der Waals surface area contributed by atoms with Gasteiger partial charge in [-0.15, -0.1) is 0 Å². The molecule has 28 heavy (non-hydrogen) atoms. The summed E-state index contributed by atoms with van der Waals surface area (Å²) in [4.78, 5) is 20.9. The fraction of sp³-hybridized carbons (Fsp3) is 0.611. The van der Waals surface area contributed by atoms with Crippen molar-refractivity contribution >= 4 is 34.5 Å². The smallest absolute Gasteiger partial charge is 0.301 e. The molecule has 0 heterocycles. The van der Waals surface area contributed by atoms with Gasteiger partial charge in [0.25, 0.3) is 5.69 Å². The minimum Gasteiger partial charge on any atom is -0.396 e. The third-order valence-corrected chi connectivity index (χ3v) is 7.84. The lowest BCUT2D eigenvalue weighted by atomic mass is 9.70. The molecule has 1 aromatic carbocycles. The molecule has 0 aromatic heterocycles. The van der Waals surface area contributed by atoms with Crippen LogP contribution in [0.5, 0.6) is 0 Å². The molecule has 9 nitrogen and oxygen atoms in total. The summed E-state index contributed by atoms with van der Waals surface area (Å²) in [5, 5.41) is 35.8. The number of nitrogens with zero attached hydrogens (tertiary/aromatic N) is 3. The van der Waals surface area contributed by atoms with Crippen molar-refractivity contribution < 1.29 is 15.0 Å². The molecular weight excluding hydrogens is 384 g/mol. The number of thioether (sulfide) groups is 1. The number of fused-ring (bicyclic) bond motifs is 2. The van der Waals surface area contributed by atoms with E-state index in [2.05, 4.69) is 24.4 Å². The first-order valence-electron chi connectivity index (χ1n) is 9.17. The van der Waals surface area contributed by atoms with Crippen molar-refractivity contribution in [2.24, 2.45) is 21.8 Å². The minimum absolute atomic E-state index is 0.0642. The fourth-order valence-corrected chi connectivity index (χ4v) is 5.83. The van der Waals surface area contributed by atoms with Crippen LogP contribution in [0.3, 0.4) is 0 Å². The maximum absolute atomic E-state index is 11.3. The van der Waals surface area contributed by atoms with Crippen molar-refractivity contribution in [1.29, 1.82) is 0 Å². The SMILES string of the molecule is C[C@]12CC[C@H](C/C1=N\Nc1ccc([N+](=O)[O-])cc1[N+](=O)[O-])[C@@]2(C)CSCCO. The highest BCUT2D eigenvalue weighted by Crippen LogP contribution is 2.65. The van der Waals surface area contributed by atoms with Crippen LogP contribution in [0.25, 0.3) is 0 Å². The zero-order valence-electron chi connectivity index (χ0n) is 15.9. The van der Waals surface area contributed by atoms with E-state index in [1.54, 1.807) is 11.8 Å². The Morgan fingerprint density at radius 2 is 2.07 bits per heavy atom. The summed E-state index contributed by atoms with van der Waals surface area (Å²) in [5.41, 5.74) is 3.19. The van der Waals surface area contributed by atoms with Crippen molar-refractivity contribution in [3.05, 3.63) is 38.4 Å². The van der Waals surface area contributed by atoms with Gasteiger partial charge in [0, 0.05) is 22.9 Å². The van der Waals surface area contributed by atoms with Crippen molar-refractivity contribution in [3.8, 4) is 0 Å². The van der Waals surface area contributed by atoms with E-state index in [4.69, 9.17) is 5.11 Å². The quantitative estimate of drug-likeness (QED) is 0.380. The zero-order chi connectivity index (χ0) is 20.5. The number of nitrogens with one attached hydrogen (secondary N) is 1. The van der Waals surface area contributed by atoms with Gasteiger partial charge in [-0.25, -0.2) is 0 Å². The van der Waals surface area contributed by atoms with Crippen LogP contribution in [0.4, 0.5) is 17.1 Å². The van der Waals surface area contributed by atoms with Crippen LogP contribution in [-0.2, 0) is 0 Å². The van der Waals surface area contributed by atoms with E-state index in [-0.39, 0.29) is 34.5 Å². The van der Waals surface area contributed by atoms with Crippen LogP contribution >= 0.6 is 11.8 Å². The molecule has 0 aliphatic heterocycles. The number of hydrazone groups is 1. The van der Waals surface area contributed by atoms with Gasteiger partial charge in [-0.1, -0.05) is 13.8 Å². The summed E-state index contributed by atoms with van der Waals surface area (Å²) in [7, 11) is 0. The molecule has 2 aliphatic rings. The standard InChI is InChI=1S/C18H24N4O5S/c1-17-6-5-12(18(17,2)11-28-8-7-23)9-16(17)20-19-14-4-3-13(21(24)25)10-15(14)22(26)27/h3-4,10,12,19,23H,5-9,11H2,1-2H3/b20-16+/t12-,17+,18-/m1/s1. The second kappa shape index (κ2) is 7.67. The molecule has 10 heteroatoms. The molecule has 0 amide bonds. The van der Waals surface area contributed by atoms with Crippen LogP contribution in [0.1, 0.15) is 33.1 Å². The third kappa shape index (κ3) is 3.35. The van der Waals surface area contributed by atoms with Gasteiger partial charge in [0.05, 0.1) is 22.5 Å². The molecular formula is C18H24N4O5S. The Balaban J connectivity index is 1.84. The maximum atomic E-state index is 11.3. The van der Waals surface area contributed by atoms with Gasteiger partial charge in [0.1, 0.15) is 5.69 Å². The van der Waals surface area contributed by atoms with Gasteiger partial charge < -0.3 is 5.11 Å². The van der Waals surface area contributed by atoms with Crippen molar-refractivity contribution in [1.82, 2.24) is 0 Å². The van der Waals surface area contributed by atoms with Crippen LogP contribution in [-0.4, -0.2) is 38.8 Å². The predicted octanol–water partition coefficient (Wildman–Crippen LogP) is 3.82. The molecule has 2 bridgehead atoms. The molecule has 0 radical (unpaired) electrons. The van der Waals surface area contributed by atoms with E-state index in [1.165, 1.54) is 12.1 Å². The number of nitro groups is 2. The molecule has 2 aliphatic carbocycles. The molecule has 2 saturated carbocycles. The number of rotatable bonds is 8. The molecule has 0 spiro atoms. The van der Waals surface area contributed by atoms with Crippen molar-refractivity contribution in [3.63, 3.8) is 0 Å². The first-order chi connectivity index (χ1) is 13.2. The highest BCUT2D eigenvalue weighted by molar-refractivity contribution is 7.99. The van der Waals surface area contributed by atoms with E-state index in [9.17, 15) is 20.2 Å². The predicted molar refractivity (Wildman–Crippen MR) is 109 cm³/mol. The lowest BCUT2D eigenvalue weighted by Gasteiger charge is -2.38. The van der Waals surface area contributed by atoms with Gasteiger partial charge in [0.2, 0.25) is 0 Å². The lowest BCUT2D eigenvalue weighted by molar-refractivity contribution is -0.393. The Labute approximate surface area is 166 Å². The Hall–Kier alpha value is -2.20. The zero-order valence-corrected chi connectivity index (χ0v) is 16.7. The largest absolute Gasteiger partial charge is 0.396 e. The van der Waals surface area contributed by atoms with Gasteiger partial charge in [0.15, 0.2) is 0 Å². The van der Waals surface area contributed by atoms with Crippen molar-refractivity contribution in [2.45, 2.75) is 33.1 Å². The minimum atomic E-state index is -0.658. The van der Waals surface area contributed by atoms with Gasteiger partial charge >= 0.3 is 5.69 Å². The highest BCUT2D eigenvalue weighted by atomic mass is 32.2. The summed E-state index contributed by atoms with van der Waals surface area (Å²) < 4.78 is 0. The normalized spacial score (nSPS) is 30.0. The number of benzene rings is 1. The summed E-state index contributed by atoms with van der Waals surface area (Å²) in [5.74, 6) is 2.14. The Morgan fingerprint density at radius 3 is 2.71 bits per heavy atom. The Morgan fingerprint density at radius 1 is 1.32 bits per heavy atom. The number of hydrogen-bond acceptors (Lipinski definition) is 8. The second-order valence-corrected chi connectivity index (χ2v) is 8.96. The van der Waals surface area contributed by atoms with Gasteiger partial charge in [-0.2, -0.15) is 16.9 Å². The molecule has 152 valence electrons. The van der Waals surface area contributed by atoms with E-state index < -0.39 is 9.85 Å². The molecule has 2 fully saturated rings. The van der Waals surface area contributed by atoms with Gasteiger partial charge in [-0.05, 0) is 42.4 Å². The summed E-state index contributed by atoms with van der Waals surface area (Å²) in [6.45, 7) is 4.63. The number of hydrogen-bond donors (Lipinski definition) is 2. The molecule has 3 rings (SSSR count). The Bertz CT molecular complexity index is 832. The molecule has 0 unspecified atom stereocenters. The average molecular weight is 408 g/mol. The summed E-state index contributed by atoms with van der Waals surface area (Å²) in [6.07, 6.45) is 2.97. The highest BCUT2D eigenvalue weighted by Gasteiger charge is 2.62. The van der Waals surface area contributed by atoms with Crippen molar-refractivity contribution in [2.75, 3.05) is 23.5 Å². The van der Waals surface area contributed by atoms with Crippen LogP contribution < -0.4 is 5.43 Å². The van der Waals surface area contributed by atoms with Gasteiger partial charge in [-0.3, -0.25) is 25.7 Å². The molecule has 3 atom stereocenters. The van der Waals surface area contributed by atoms with Crippen LogP contribution in [0.2, 0.25) is 0 Å². The summed E-state index contributed by atoms with van der Waals surface area (Å²) >= 11 is 1.74. The number of anilines is 1. The van der Waals surface area contributed by atoms with E-state index >= 15 is 0 Å². The van der Waals surface area contributed by atoms with E-state index in [0.717, 1.165) is 36.8 Å². The number of nitro benzene ring substituents is 2. The lowest BCUT2D eigenvalue weighted by Crippen LogP contribution is -2.37. The van der Waals surface area contributed by atoms with E-state index in [0.29, 0.717) is 11.7 Å².